The van der Waals surface area contributed by atoms with E-state index in [4.69, 9.17) is 0 Å². The van der Waals surface area contributed by atoms with Crippen LogP contribution in [0.25, 0.3) is 0 Å². The Bertz CT molecular complexity index is 479. The van der Waals surface area contributed by atoms with Crippen molar-refractivity contribution in [1.82, 2.24) is 4.31 Å². The summed E-state index contributed by atoms with van der Waals surface area (Å²) in [6, 6.07) is -0.450. The van der Waals surface area contributed by atoms with Crippen LogP contribution in [0.5, 0.6) is 0 Å². The van der Waals surface area contributed by atoms with Crippen molar-refractivity contribution in [3.05, 3.63) is 0 Å². The van der Waals surface area contributed by atoms with Gasteiger partial charge >= 0.3 is 5.97 Å². The van der Waals surface area contributed by atoms with Gasteiger partial charge in [0, 0.05) is 12.3 Å². The zero-order valence-corrected chi connectivity index (χ0v) is 12.5. The van der Waals surface area contributed by atoms with Crippen molar-refractivity contribution in [1.29, 1.82) is 0 Å². The van der Waals surface area contributed by atoms with Crippen molar-refractivity contribution < 1.29 is 26.4 Å². The van der Waals surface area contributed by atoms with Gasteiger partial charge in [0.05, 0.1) is 18.6 Å². The number of sulfone groups is 1. The lowest BCUT2D eigenvalue weighted by molar-refractivity contribution is -0.141. The summed E-state index contributed by atoms with van der Waals surface area (Å²) < 4.78 is 51.1. The Labute approximate surface area is 108 Å². The van der Waals surface area contributed by atoms with Crippen LogP contribution in [0.4, 0.5) is 0 Å². The molecule has 0 aromatic rings. The van der Waals surface area contributed by atoms with Crippen LogP contribution in [0.15, 0.2) is 0 Å². The minimum absolute atomic E-state index is 0.416. The molecular weight excluding hydrogens is 282 g/mol. The quantitative estimate of drug-likeness (QED) is 0.574. The molecule has 0 spiro atoms. The molecule has 0 aliphatic carbocycles. The van der Waals surface area contributed by atoms with E-state index in [-0.39, 0.29) is 0 Å². The lowest BCUT2D eigenvalue weighted by atomic mass is 10.4. The highest BCUT2D eigenvalue weighted by Crippen LogP contribution is 2.08. The predicted octanol–water partition coefficient (Wildman–Crippen LogP) is -0.756. The van der Waals surface area contributed by atoms with Crippen molar-refractivity contribution >= 4 is 25.8 Å². The highest BCUT2D eigenvalue weighted by molar-refractivity contribution is 7.93. The average Bonchev–Trinajstić information content (AvgIpc) is 2.21. The van der Waals surface area contributed by atoms with E-state index in [0.717, 1.165) is 17.7 Å². The molecule has 0 saturated carbocycles. The molecule has 0 aliphatic rings. The van der Waals surface area contributed by atoms with E-state index in [9.17, 15) is 21.6 Å². The molecule has 0 bridgehead atoms. The largest absolute Gasteiger partial charge is 0.468 e. The number of hydrogen-bond acceptors (Lipinski definition) is 6. The minimum atomic E-state index is -3.81. The van der Waals surface area contributed by atoms with E-state index < -0.39 is 49.9 Å². The second-order valence-electron chi connectivity index (χ2n) is 4.16. The molecule has 0 atom stereocenters. The number of hydrogen-bond donors (Lipinski definition) is 0. The molecular formula is C9H19NO6S2. The molecule has 0 aliphatic heterocycles. The van der Waals surface area contributed by atoms with E-state index in [1.807, 2.05) is 0 Å². The molecule has 108 valence electrons. The molecule has 0 radical (unpaired) electrons. The van der Waals surface area contributed by atoms with Gasteiger partial charge in [-0.05, 0) is 13.8 Å². The number of rotatable bonds is 7. The standard InChI is InChI=1S/C9H19NO6S2/c1-8(2)10(7-9(11)16-3)18(14,15)6-5-17(4,12)13/h8H,5-7H2,1-4H3. The van der Waals surface area contributed by atoms with Crippen molar-refractivity contribution in [3.63, 3.8) is 0 Å². The van der Waals surface area contributed by atoms with Gasteiger partial charge in [0.2, 0.25) is 10.0 Å². The van der Waals surface area contributed by atoms with E-state index in [1.54, 1.807) is 13.8 Å². The van der Waals surface area contributed by atoms with Crippen LogP contribution in [0.1, 0.15) is 13.8 Å². The summed E-state index contributed by atoms with van der Waals surface area (Å²) >= 11 is 0. The van der Waals surface area contributed by atoms with Crippen LogP contribution < -0.4 is 0 Å². The third-order valence-electron chi connectivity index (χ3n) is 2.16. The fourth-order valence-electron chi connectivity index (χ4n) is 1.17. The second kappa shape index (κ2) is 6.48. The maximum Gasteiger partial charge on any atom is 0.321 e. The van der Waals surface area contributed by atoms with Crippen molar-refractivity contribution in [2.24, 2.45) is 0 Å². The van der Waals surface area contributed by atoms with Crippen LogP contribution in [0.3, 0.4) is 0 Å². The first-order chi connectivity index (χ1) is 7.99. The van der Waals surface area contributed by atoms with E-state index in [1.165, 1.54) is 0 Å². The molecule has 0 aromatic carbocycles. The molecule has 0 aromatic heterocycles. The summed E-state index contributed by atoms with van der Waals surface area (Å²) in [5.74, 6) is -1.70. The molecule has 0 N–H and O–H groups in total. The molecule has 18 heavy (non-hydrogen) atoms. The zero-order valence-electron chi connectivity index (χ0n) is 10.9. The Hall–Kier alpha value is -0.670. The van der Waals surface area contributed by atoms with Crippen molar-refractivity contribution in [2.45, 2.75) is 19.9 Å². The van der Waals surface area contributed by atoms with Crippen LogP contribution in [-0.4, -0.2) is 64.6 Å². The molecule has 0 amide bonds. The molecule has 9 heteroatoms. The van der Waals surface area contributed by atoms with Gasteiger partial charge in [0.25, 0.3) is 0 Å². The Morgan fingerprint density at radius 3 is 2.00 bits per heavy atom. The van der Waals surface area contributed by atoms with Gasteiger partial charge in [-0.1, -0.05) is 0 Å². The van der Waals surface area contributed by atoms with Crippen LogP contribution in [-0.2, 0) is 29.4 Å². The van der Waals surface area contributed by atoms with Gasteiger partial charge in [-0.15, -0.1) is 0 Å². The fourth-order valence-corrected chi connectivity index (χ4v) is 4.40. The fraction of sp³-hybridized carbons (Fsp3) is 0.889. The monoisotopic (exact) mass is 301 g/mol. The van der Waals surface area contributed by atoms with Gasteiger partial charge in [0.1, 0.15) is 16.4 Å². The lowest BCUT2D eigenvalue weighted by Crippen LogP contribution is -2.43. The summed E-state index contributed by atoms with van der Waals surface area (Å²) in [5, 5.41) is 0. The van der Waals surface area contributed by atoms with Crippen molar-refractivity contribution in [2.75, 3.05) is 31.4 Å². The first kappa shape index (κ1) is 17.3. The van der Waals surface area contributed by atoms with Crippen LogP contribution in [0, 0.1) is 0 Å². The molecule has 7 nitrogen and oxygen atoms in total. The maximum atomic E-state index is 11.9. The summed E-state index contributed by atoms with van der Waals surface area (Å²) in [5.41, 5.74) is 0. The number of nitrogens with zero attached hydrogens (tertiary/aromatic N) is 1. The molecule has 0 saturated heterocycles. The summed E-state index contributed by atoms with van der Waals surface area (Å²) in [6.07, 6.45) is 0.961. The van der Waals surface area contributed by atoms with Gasteiger partial charge in [-0.2, -0.15) is 4.31 Å². The van der Waals surface area contributed by atoms with E-state index in [0.29, 0.717) is 0 Å². The Morgan fingerprint density at radius 2 is 1.67 bits per heavy atom. The third-order valence-corrected chi connectivity index (χ3v) is 5.35. The number of methoxy groups -OCH3 is 1. The minimum Gasteiger partial charge on any atom is -0.468 e. The number of ether oxygens (including phenoxy) is 1. The Balaban J connectivity index is 4.94. The summed E-state index contributed by atoms with van der Waals surface area (Å²) in [4.78, 5) is 11.1. The summed E-state index contributed by atoms with van der Waals surface area (Å²) in [6.45, 7) is 2.78. The smallest absolute Gasteiger partial charge is 0.321 e. The van der Waals surface area contributed by atoms with Gasteiger partial charge in [-0.25, -0.2) is 16.8 Å². The first-order valence-electron chi connectivity index (χ1n) is 5.23. The highest BCUT2D eigenvalue weighted by atomic mass is 32.2. The maximum absolute atomic E-state index is 11.9. The van der Waals surface area contributed by atoms with Gasteiger partial charge < -0.3 is 4.74 Å². The Morgan fingerprint density at radius 1 is 1.17 bits per heavy atom. The predicted molar refractivity (Wildman–Crippen MR) is 67.4 cm³/mol. The average molecular weight is 301 g/mol. The second-order valence-corrected chi connectivity index (χ2v) is 8.46. The lowest BCUT2D eigenvalue weighted by Gasteiger charge is -2.24. The number of esters is 1. The van der Waals surface area contributed by atoms with Gasteiger partial charge in [0.15, 0.2) is 0 Å². The van der Waals surface area contributed by atoms with Crippen molar-refractivity contribution in [3.8, 4) is 0 Å². The Kier molecular flexibility index (Phi) is 6.24. The number of sulfonamides is 1. The van der Waals surface area contributed by atoms with E-state index in [2.05, 4.69) is 4.74 Å². The molecule has 0 fully saturated rings. The zero-order chi connectivity index (χ0) is 14.6. The number of carbonyl (C=O) groups is 1. The normalized spacial score (nSPS) is 13.0. The summed E-state index contributed by atoms with van der Waals surface area (Å²) in [7, 11) is -6.02. The molecule has 0 rings (SSSR count). The SMILES string of the molecule is COC(=O)CN(C(C)C)S(=O)(=O)CCS(C)(=O)=O. The van der Waals surface area contributed by atoms with Gasteiger partial charge in [-0.3, -0.25) is 4.79 Å². The van der Waals surface area contributed by atoms with Crippen LogP contribution in [0.2, 0.25) is 0 Å². The topological polar surface area (TPSA) is 97.8 Å². The number of carbonyl (C=O) groups excluding carboxylic acids is 1. The molecule has 0 heterocycles. The molecule has 0 unspecified atom stereocenters. The van der Waals surface area contributed by atoms with E-state index >= 15 is 0 Å². The van der Waals surface area contributed by atoms with Crippen LogP contribution >= 0.6 is 0 Å². The third kappa shape index (κ3) is 6.31. The highest BCUT2D eigenvalue weighted by Gasteiger charge is 2.28. The first-order valence-corrected chi connectivity index (χ1v) is 8.90.